The lowest BCUT2D eigenvalue weighted by Crippen LogP contribution is -2.21. The Bertz CT molecular complexity index is 707. The van der Waals surface area contributed by atoms with Crippen LogP contribution in [0.5, 0.6) is 11.5 Å². The Kier molecular flexibility index (Phi) is 5.68. The highest BCUT2D eigenvalue weighted by atomic mass is 32.2. The molecule has 1 saturated carbocycles. The van der Waals surface area contributed by atoms with E-state index >= 15 is 0 Å². The van der Waals surface area contributed by atoms with Crippen LogP contribution in [0, 0.1) is 0 Å². The molecule has 1 aliphatic carbocycles. The number of methoxy groups -OCH3 is 1. The molecule has 1 saturated heterocycles. The van der Waals surface area contributed by atoms with Crippen molar-refractivity contribution < 1.29 is 14.3 Å². The molecule has 1 aliphatic heterocycles. The number of nitrogens with zero attached hydrogens (tertiary/aromatic N) is 1. The molecule has 0 unspecified atom stereocenters. The van der Waals surface area contributed by atoms with Gasteiger partial charge in [0.2, 0.25) is 0 Å². The van der Waals surface area contributed by atoms with Crippen LogP contribution in [0.15, 0.2) is 28.1 Å². The zero-order valence-corrected chi connectivity index (χ0v) is 15.7. The van der Waals surface area contributed by atoms with Crippen molar-refractivity contribution in [1.82, 2.24) is 5.32 Å². The van der Waals surface area contributed by atoms with E-state index in [9.17, 15) is 4.79 Å². The molecule has 2 fully saturated rings. The topological polar surface area (TPSA) is 59.9 Å². The number of amides is 1. The Morgan fingerprint density at radius 3 is 2.76 bits per heavy atom. The zero-order chi connectivity index (χ0) is 17.8. The Morgan fingerprint density at radius 1 is 1.32 bits per heavy atom. The molecule has 3 rings (SSSR count). The van der Waals surface area contributed by atoms with Gasteiger partial charge in [-0.3, -0.25) is 9.79 Å². The van der Waals surface area contributed by atoms with Gasteiger partial charge in [-0.2, -0.15) is 0 Å². The fourth-order valence-electron chi connectivity index (χ4n) is 3.00. The van der Waals surface area contributed by atoms with Crippen molar-refractivity contribution in [3.05, 3.63) is 28.7 Å². The third-order valence-electron chi connectivity index (χ3n) is 4.14. The number of aliphatic imine (C=N–C) groups is 1. The Morgan fingerprint density at radius 2 is 2.08 bits per heavy atom. The third kappa shape index (κ3) is 4.37. The average molecular weight is 360 g/mol. The van der Waals surface area contributed by atoms with Crippen molar-refractivity contribution in [2.45, 2.75) is 51.7 Å². The summed E-state index contributed by atoms with van der Waals surface area (Å²) in [5, 5.41) is 3.58. The first-order valence-corrected chi connectivity index (χ1v) is 9.51. The van der Waals surface area contributed by atoms with E-state index < -0.39 is 0 Å². The Hall–Kier alpha value is -1.95. The number of amidine groups is 1. The van der Waals surface area contributed by atoms with Crippen molar-refractivity contribution in [3.63, 3.8) is 0 Å². The van der Waals surface area contributed by atoms with E-state index in [1.54, 1.807) is 7.11 Å². The second kappa shape index (κ2) is 7.95. The van der Waals surface area contributed by atoms with Gasteiger partial charge in [0.25, 0.3) is 5.91 Å². The fourth-order valence-corrected chi connectivity index (χ4v) is 3.88. The summed E-state index contributed by atoms with van der Waals surface area (Å²) < 4.78 is 11.3. The van der Waals surface area contributed by atoms with E-state index in [0.29, 0.717) is 27.6 Å². The van der Waals surface area contributed by atoms with Crippen molar-refractivity contribution in [2.75, 3.05) is 7.11 Å². The normalized spacial score (nSPS) is 21.4. The van der Waals surface area contributed by atoms with Crippen LogP contribution < -0.4 is 14.8 Å². The van der Waals surface area contributed by atoms with Gasteiger partial charge in [-0.05, 0) is 50.6 Å². The van der Waals surface area contributed by atoms with Crippen LogP contribution in [-0.2, 0) is 4.79 Å². The molecule has 1 amide bonds. The highest BCUT2D eigenvalue weighted by molar-refractivity contribution is 8.18. The number of para-hydroxylation sites is 1. The molecule has 0 atom stereocenters. The van der Waals surface area contributed by atoms with E-state index in [4.69, 9.17) is 9.47 Å². The van der Waals surface area contributed by atoms with Crippen LogP contribution in [-0.4, -0.2) is 30.3 Å². The van der Waals surface area contributed by atoms with Crippen LogP contribution in [0.25, 0.3) is 6.08 Å². The molecule has 0 spiro atoms. The van der Waals surface area contributed by atoms with Gasteiger partial charge in [-0.15, -0.1) is 0 Å². The summed E-state index contributed by atoms with van der Waals surface area (Å²) in [7, 11) is 1.61. The number of benzene rings is 1. The molecular formula is C19H24N2O3S. The third-order valence-corrected chi connectivity index (χ3v) is 5.07. The first-order valence-electron chi connectivity index (χ1n) is 8.69. The molecule has 1 aromatic rings. The van der Waals surface area contributed by atoms with Crippen LogP contribution in [0.3, 0.4) is 0 Å². The maximum atomic E-state index is 12.3. The molecule has 1 aromatic carbocycles. The van der Waals surface area contributed by atoms with Crippen molar-refractivity contribution >= 4 is 28.9 Å². The molecule has 2 aliphatic rings. The molecule has 134 valence electrons. The summed E-state index contributed by atoms with van der Waals surface area (Å²) in [5.41, 5.74) is 0.827. The maximum Gasteiger partial charge on any atom is 0.264 e. The van der Waals surface area contributed by atoms with E-state index in [-0.39, 0.29) is 12.0 Å². The summed E-state index contributed by atoms with van der Waals surface area (Å²) in [4.78, 5) is 17.6. The van der Waals surface area contributed by atoms with Gasteiger partial charge < -0.3 is 14.8 Å². The molecule has 1 heterocycles. The lowest BCUT2D eigenvalue weighted by Gasteiger charge is -2.16. The first-order chi connectivity index (χ1) is 12.1. The van der Waals surface area contributed by atoms with Crippen molar-refractivity contribution in [1.29, 1.82) is 0 Å². The molecule has 6 heteroatoms. The van der Waals surface area contributed by atoms with E-state index in [1.165, 1.54) is 24.6 Å². The minimum atomic E-state index is -0.111. The summed E-state index contributed by atoms with van der Waals surface area (Å²) in [5.74, 6) is 1.20. The quantitative estimate of drug-likeness (QED) is 0.807. The molecule has 1 N–H and O–H groups in total. The maximum absolute atomic E-state index is 12.3. The van der Waals surface area contributed by atoms with E-state index in [0.717, 1.165) is 18.4 Å². The fraction of sp³-hybridized carbons (Fsp3) is 0.474. The van der Waals surface area contributed by atoms with Crippen molar-refractivity contribution in [2.24, 2.45) is 4.99 Å². The summed E-state index contributed by atoms with van der Waals surface area (Å²) >= 11 is 1.40. The lowest BCUT2D eigenvalue weighted by atomic mass is 10.1. The number of carbonyl (C=O) groups excluding carboxylic acids is 1. The first kappa shape index (κ1) is 17.9. The van der Waals surface area contributed by atoms with E-state index in [2.05, 4.69) is 10.3 Å². The number of thioether (sulfide) groups is 1. The molecular weight excluding hydrogens is 336 g/mol. The predicted molar refractivity (Wildman–Crippen MR) is 102 cm³/mol. The number of hydrogen-bond donors (Lipinski definition) is 1. The van der Waals surface area contributed by atoms with Gasteiger partial charge in [0.05, 0.1) is 24.2 Å². The SMILES string of the molecule is COc1cccc(/C=C2/SC(=NC3CCCC3)NC2=O)c1OC(C)C. The van der Waals surface area contributed by atoms with Gasteiger partial charge in [0, 0.05) is 5.56 Å². The van der Waals surface area contributed by atoms with Crippen LogP contribution in [0.1, 0.15) is 45.1 Å². The van der Waals surface area contributed by atoms with E-state index in [1.807, 2.05) is 38.1 Å². The smallest absolute Gasteiger partial charge is 0.264 e. The summed E-state index contributed by atoms with van der Waals surface area (Å²) in [6, 6.07) is 6.02. The summed E-state index contributed by atoms with van der Waals surface area (Å²) in [6.07, 6.45) is 6.53. The summed E-state index contributed by atoms with van der Waals surface area (Å²) in [6.45, 7) is 3.93. The highest BCUT2D eigenvalue weighted by Crippen LogP contribution is 2.36. The van der Waals surface area contributed by atoms with Gasteiger partial charge in [0.15, 0.2) is 16.7 Å². The second-order valence-corrected chi connectivity index (χ2v) is 7.51. The monoisotopic (exact) mass is 360 g/mol. The number of carbonyl (C=O) groups is 1. The Balaban J connectivity index is 1.86. The van der Waals surface area contributed by atoms with Crippen LogP contribution >= 0.6 is 11.8 Å². The lowest BCUT2D eigenvalue weighted by molar-refractivity contribution is -0.115. The zero-order valence-electron chi connectivity index (χ0n) is 14.9. The minimum Gasteiger partial charge on any atom is -0.493 e. The Labute approximate surface area is 152 Å². The standard InChI is InChI=1S/C19H24N2O3S/c1-12(2)24-17-13(7-6-10-15(17)23-3)11-16-18(22)21-19(25-16)20-14-8-4-5-9-14/h6-7,10-12,14H,4-5,8-9H2,1-3H3,(H,20,21,22)/b16-11+. The molecule has 25 heavy (non-hydrogen) atoms. The number of ether oxygens (including phenoxy) is 2. The highest BCUT2D eigenvalue weighted by Gasteiger charge is 2.26. The van der Waals surface area contributed by atoms with Gasteiger partial charge in [0.1, 0.15) is 0 Å². The van der Waals surface area contributed by atoms with Crippen LogP contribution in [0.2, 0.25) is 0 Å². The van der Waals surface area contributed by atoms with Gasteiger partial charge >= 0.3 is 0 Å². The molecule has 0 bridgehead atoms. The van der Waals surface area contributed by atoms with Crippen LogP contribution in [0.4, 0.5) is 0 Å². The number of nitrogens with one attached hydrogen (secondary N) is 1. The number of hydrogen-bond acceptors (Lipinski definition) is 5. The largest absolute Gasteiger partial charge is 0.493 e. The van der Waals surface area contributed by atoms with Gasteiger partial charge in [-0.25, -0.2) is 0 Å². The predicted octanol–water partition coefficient (Wildman–Crippen LogP) is 3.98. The van der Waals surface area contributed by atoms with Crippen molar-refractivity contribution in [3.8, 4) is 11.5 Å². The second-order valence-electron chi connectivity index (χ2n) is 6.48. The van der Waals surface area contributed by atoms with Gasteiger partial charge in [-0.1, -0.05) is 25.0 Å². The molecule has 0 aromatic heterocycles. The number of rotatable bonds is 5. The molecule has 5 nitrogen and oxygen atoms in total. The molecule has 0 radical (unpaired) electrons. The minimum absolute atomic E-state index is 0.0120. The average Bonchev–Trinajstić information content (AvgIpc) is 3.19.